The number of amides is 1. The summed E-state index contributed by atoms with van der Waals surface area (Å²) >= 11 is 0. The Bertz CT molecular complexity index is 421. The van der Waals surface area contributed by atoms with Gasteiger partial charge in [-0.25, -0.2) is 0 Å². The minimum Gasteiger partial charge on any atom is -0.481 e. The van der Waals surface area contributed by atoms with Gasteiger partial charge >= 0.3 is 5.97 Å². The highest BCUT2D eigenvalue weighted by Crippen LogP contribution is 2.20. The van der Waals surface area contributed by atoms with E-state index in [2.05, 4.69) is 4.90 Å². The predicted octanol–water partition coefficient (Wildman–Crippen LogP) is 0.575. The Morgan fingerprint density at radius 3 is 2.67 bits per heavy atom. The third kappa shape index (κ3) is 3.03. The summed E-state index contributed by atoms with van der Waals surface area (Å²) in [7, 11) is 0. The van der Waals surface area contributed by atoms with Crippen LogP contribution in [0.25, 0.3) is 0 Å². The van der Waals surface area contributed by atoms with Crippen molar-refractivity contribution in [2.24, 2.45) is 0 Å². The highest BCUT2D eigenvalue weighted by atomic mass is 16.4. The number of piperazine rings is 1. The number of hydrogen-bond acceptors (Lipinski definition) is 4. The normalized spacial score (nSPS) is 15.8. The van der Waals surface area contributed by atoms with E-state index in [0.717, 1.165) is 25.4 Å². The van der Waals surface area contributed by atoms with Crippen LogP contribution in [0.2, 0.25) is 0 Å². The van der Waals surface area contributed by atoms with Gasteiger partial charge in [0.25, 0.3) is 0 Å². The lowest BCUT2D eigenvalue weighted by atomic mass is 10.2. The first kappa shape index (κ1) is 12.5. The van der Waals surface area contributed by atoms with Gasteiger partial charge in [0.2, 0.25) is 6.41 Å². The Labute approximate surface area is 105 Å². The first-order valence-electron chi connectivity index (χ1n) is 5.94. The summed E-state index contributed by atoms with van der Waals surface area (Å²) in [6.45, 7) is 2.86. The van der Waals surface area contributed by atoms with E-state index in [-0.39, 0.29) is 6.42 Å². The molecule has 6 heteroatoms. The molecule has 0 spiro atoms. The standard InChI is InChI=1S/C12H16N2O4/c15-9-13-5-7-14(8-6-13)11-3-1-10(18-11)2-4-12(16)17/h1,3,9H,2,4-8H2,(H,16,17). The maximum atomic E-state index is 10.6. The van der Waals surface area contributed by atoms with Gasteiger partial charge in [-0.15, -0.1) is 0 Å². The molecule has 0 saturated carbocycles. The topological polar surface area (TPSA) is 74.0 Å². The van der Waals surface area contributed by atoms with E-state index < -0.39 is 5.97 Å². The van der Waals surface area contributed by atoms with E-state index in [1.54, 1.807) is 4.90 Å². The Balaban J connectivity index is 1.90. The number of rotatable bonds is 5. The Morgan fingerprint density at radius 2 is 2.06 bits per heavy atom. The van der Waals surface area contributed by atoms with Gasteiger partial charge in [0.1, 0.15) is 5.76 Å². The highest BCUT2D eigenvalue weighted by molar-refractivity contribution is 5.66. The lowest BCUT2D eigenvalue weighted by Crippen LogP contribution is -2.45. The molecule has 6 nitrogen and oxygen atoms in total. The molecule has 0 unspecified atom stereocenters. The maximum absolute atomic E-state index is 10.6. The molecule has 1 aliphatic heterocycles. The fourth-order valence-electron chi connectivity index (χ4n) is 1.95. The van der Waals surface area contributed by atoms with E-state index in [1.165, 1.54) is 0 Å². The Hall–Kier alpha value is -1.98. The molecule has 0 bridgehead atoms. The fraction of sp³-hybridized carbons (Fsp3) is 0.500. The summed E-state index contributed by atoms with van der Waals surface area (Å²) in [4.78, 5) is 24.8. The van der Waals surface area contributed by atoms with E-state index in [4.69, 9.17) is 9.52 Å². The van der Waals surface area contributed by atoms with Gasteiger partial charge in [-0.3, -0.25) is 9.59 Å². The molecule has 1 aromatic rings. The van der Waals surface area contributed by atoms with Crippen molar-refractivity contribution < 1.29 is 19.1 Å². The molecular weight excluding hydrogens is 236 g/mol. The van der Waals surface area contributed by atoms with Gasteiger partial charge in [0.05, 0.1) is 6.42 Å². The minimum atomic E-state index is -0.826. The van der Waals surface area contributed by atoms with Crippen LogP contribution >= 0.6 is 0 Å². The molecular formula is C12H16N2O4. The largest absolute Gasteiger partial charge is 0.481 e. The quantitative estimate of drug-likeness (QED) is 0.776. The van der Waals surface area contributed by atoms with Crippen molar-refractivity contribution in [1.29, 1.82) is 0 Å². The number of carboxylic acids is 1. The van der Waals surface area contributed by atoms with Crippen LogP contribution in [0.15, 0.2) is 16.5 Å². The molecule has 2 heterocycles. The molecule has 1 amide bonds. The lowest BCUT2D eigenvalue weighted by molar-refractivity contribution is -0.137. The monoisotopic (exact) mass is 252 g/mol. The summed E-state index contributed by atoms with van der Waals surface area (Å²) in [6, 6.07) is 3.66. The molecule has 0 aromatic carbocycles. The smallest absolute Gasteiger partial charge is 0.303 e. The minimum absolute atomic E-state index is 0.0753. The van der Waals surface area contributed by atoms with Crippen molar-refractivity contribution in [1.82, 2.24) is 4.90 Å². The van der Waals surface area contributed by atoms with Gasteiger partial charge in [-0.1, -0.05) is 0 Å². The Kier molecular flexibility index (Phi) is 3.86. The van der Waals surface area contributed by atoms with Gasteiger partial charge in [-0.2, -0.15) is 0 Å². The van der Waals surface area contributed by atoms with Crippen molar-refractivity contribution in [3.8, 4) is 0 Å². The molecule has 1 N–H and O–H groups in total. The number of carboxylic acid groups (broad SMARTS) is 1. The average molecular weight is 252 g/mol. The number of furan rings is 1. The molecule has 1 aliphatic rings. The summed E-state index contributed by atoms with van der Waals surface area (Å²) in [5.41, 5.74) is 0. The molecule has 18 heavy (non-hydrogen) atoms. The van der Waals surface area contributed by atoms with Crippen LogP contribution in [0.1, 0.15) is 12.2 Å². The average Bonchev–Trinajstić information content (AvgIpc) is 2.85. The van der Waals surface area contributed by atoms with Crippen molar-refractivity contribution >= 4 is 18.3 Å². The van der Waals surface area contributed by atoms with Crippen LogP contribution in [0.5, 0.6) is 0 Å². The lowest BCUT2D eigenvalue weighted by Gasteiger charge is -2.32. The molecule has 0 atom stereocenters. The number of carbonyl (C=O) groups excluding carboxylic acids is 1. The summed E-state index contributed by atoms with van der Waals surface area (Å²) in [5.74, 6) is 0.610. The first-order valence-corrected chi connectivity index (χ1v) is 5.94. The third-order valence-electron chi connectivity index (χ3n) is 3.01. The van der Waals surface area contributed by atoms with E-state index >= 15 is 0 Å². The molecule has 1 fully saturated rings. The molecule has 2 rings (SSSR count). The van der Waals surface area contributed by atoms with Crippen molar-refractivity contribution in [3.63, 3.8) is 0 Å². The second-order valence-corrected chi connectivity index (χ2v) is 4.26. The van der Waals surface area contributed by atoms with E-state index in [9.17, 15) is 9.59 Å². The second kappa shape index (κ2) is 5.57. The van der Waals surface area contributed by atoms with Crippen LogP contribution in [0, 0.1) is 0 Å². The number of hydrogen-bond donors (Lipinski definition) is 1. The van der Waals surface area contributed by atoms with E-state index in [0.29, 0.717) is 25.3 Å². The number of aliphatic carboxylic acids is 1. The van der Waals surface area contributed by atoms with Crippen LogP contribution in [-0.2, 0) is 16.0 Å². The number of nitrogens with zero attached hydrogens (tertiary/aromatic N) is 2. The van der Waals surface area contributed by atoms with E-state index in [1.807, 2.05) is 12.1 Å². The summed E-state index contributed by atoms with van der Waals surface area (Å²) in [6.07, 6.45) is 1.34. The van der Waals surface area contributed by atoms with Crippen LogP contribution in [0.3, 0.4) is 0 Å². The Morgan fingerprint density at radius 1 is 1.33 bits per heavy atom. The zero-order valence-electron chi connectivity index (χ0n) is 10.0. The zero-order valence-corrected chi connectivity index (χ0v) is 10.0. The van der Waals surface area contributed by atoms with Crippen LogP contribution in [-0.4, -0.2) is 48.6 Å². The molecule has 0 radical (unpaired) electrons. The van der Waals surface area contributed by atoms with Gasteiger partial charge in [0, 0.05) is 38.7 Å². The van der Waals surface area contributed by atoms with Crippen molar-refractivity contribution in [2.45, 2.75) is 12.8 Å². The zero-order chi connectivity index (χ0) is 13.0. The maximum Gasteiger partial charge on any atom is 0.303 e. The molecule has 1 saturated heterocycles. The number of carbonyl (C=O) groups is 2. The molecule has 98 valence electrons. The number of aryl methyl sites for hydroxylation is 1. The SMILES string of the molecule is O=CN1CCN(c2ccc(CCC(=O)O)o2)CC1. The van der Waals surface area contributed by atoms with Gasteiger partial charge < -0.3 is 19.3 Å². The van der Waals surface area contributed by atoms with Crippen molar-refractivity contribution in [3.05, 3.63) is 17.9 Å². The van der Waals surface area contributed by atoms with Gasteiger partial charge in [-0.05, 0) is 6.07 Å². The van der Waals surface area contributed by atoms with Crippen LogP contribution in [0.4, 0.5) is 5.88 Å². The first-order chi connectivity index (χ1) is 8.69. The third-order valence-corrected chi connectivity index (χ3v) is 3.01. The number of anilines is 1. The van der Waals surface area contributed by atoms with Crippen molar-refractivity contribution in [2.75, 3.05) is 31.1 Å². The molecule has 0 aliphatic carbocycles. The highest BCUT2D eigenvalue weighted by Gasteiger charge is 2.18. The summed E-state index contributed by atoms with van der Waals surface area (Å²) < 4.78 is 5.60. The predicted molar refractivity (Wildman–Crippen MR) is 64.5 cm³/mol. The molecule has 1 aromatic heterocycles. The fourth-order valence-corrected chi connectivity index (χ4v) is 1.95. The summed E-state index contributed by atoms with van der Waals surface area (Å²) in [5, 5.41) is 8.60. The van der Waals surface area contributed by atoms with Crippen LogP contribution < -0.4 is 4.90 Å². The second-order valence-electron chi connectivity index (χ2n) is 4.26. The van der Waals surface area contributed by atoms with Gasteiger partial charge in [0.15, 0.2) is 5.88 Å².